The average Bonchev–Trinajstić information content (AvgIpc) is 2.82. The minimum atomic E-state index is -2.19. The Morgan fingerprint density at radius 1 is 1.00 bits per heavy atom. The Labute approximate surface area is 139 Å². The Balaban J connectivity index is 2.47. The van der Waals surface area contributed by atoms with Gasteiger partial charge in [0.05, 0.1) is 29.2 Å². The van der Waals surface area contributed by atoms with E-state index in [1.165, 1.54) is 0 Å². The monoisotopic (exact) mass is 364 g/mol. The molecule has 0 aliphatic heterocycles. The molecule has 0 radical (unpaired) electrons. The summed E-state index contributed by atoms with van der Waals surface area (Å²) in [6, 6.07) is 0. The molecule has 1 heterocycles. The van der Waals surface area contributed by atoms with Gasteiger partial charge in [0.15, 0.2) is 28.4 Å². The van der Waals surface area contributed by atoms with Crippen LogP contribution in [0.25, 0.3) is 0 Å². The number of benzene rings is 1. The molecule has 0 aliphatic rings. The highest BCUT2D eigenvalue weighted by molar-refractivity contribution is 7.80. The summed E-state index contributed by atoms with van der Waals surface area (Å²) in [5.41, 5.74) is 0.404. The van der Waals surface area contributed by atoms with Gasteiger partial charge < -0.3 is 10.6 Å². The lowest BCUT2D eigenvalue weighted by atomic mass is 10.1. The van der Waals surface area contributed by atoms with Crippen LogP contribution in [-0.2, 0) is 6.54 Å². The lowest BCUT2D eigenvalue weighted by Gasteiger charge is -2.10. The van der Waals surface area contributed by atoms with Crippen molar-refractivity contribution in [3.05, 3.63) is 46.0 Å². The van der Waals surface area contributed by atoms with Crippen molar-refractivity contribution in [1.29, 1.82) is 0 Å². The second kappa shape index (κ2) is 6.71. The summed E-state index contributed by atoms with van der Waals surface area (Å²) >= 11 is 4.97. The molecule has 0 atom stereocenters. The van der Waals surface area contributed by atoms with Crippen molar-refractivity contribution >= 4 is 23.0 Å². The predicted molar refractivity (Wildman–Crippen MR) is 82.3 cm³/mol. The Morgan fingerprint density at radius 3 is 2.00 bits per heavy atom. The van der Waals surface area contributed by atoms with Crippen molar-refractivity contribution in [2.24, 2.45) is 0 Å². The van der Waals surface area contributed by atoms with E-state index < -0.39 is 41.2 Å². The first-order valence-electron chi connectivity index (χ1n) is 6.72. The second-order valence-electron chi connectivity index (χ2n) is 4.96. The van der Waals surface area contributed by atoms with Crippen LogP contribution < -0.4 is 10.6 Å². The van der Waals surface area contributed by atoms with Crippen LogP contribution in [0.2, 0.25) is 0 Å². The van der Waals surface area contributed by atoms with Crippen molar-refractivity contribution < 1.29 is 22.0 Å². The fourth-order valence-electron chi connectivity index (χ4n) is 2.15. The summed E-state index contributed by atoms with van der Waals surface area (Å²) in [6.07, 6.45) is 0. The summed E-state index contributed by atoms with van der Waals surface area (Å²) in [5, 5.41) is 9.87. The number of aryl methyl sites for hydroxylation is 1. The van der Waals surface area contributed by atoms with E-state index in [1.807, 2.05) is 0 Å². The van der Waals surface area contributed by atoms with Crippen LogP contribution in [0.15, 0.2) is 0 Å². The molecule has 1 aromatic carbocycles. The van der Waals surface area contributed by atoms with E-state index in [-0.39, 0.29) is 5.11 Å². The zero-order valence-corrected chi connectivity index (χ0v) is 13.7. The molecule has 10 heteroatoms. The Morgan fingerprint density at radius 2 is 1.50 bits per heavy atom. The zero-order valence-electron chi connectivity index (χ0n) is 12.9. The van der Waals surface area contributed by atoms with E-state index in [1.54, 1.807) is 20.9 Å². The van der Waals surface area contributed by atoms with Crippen molar-refractivity contribution in [2.75, 3.05) is 12.4 Å². The number of nitrogens with one attached hydrogen (secondary N) is 2. The van der Waals surface area contributed by atoms with E-state index in [9.17, 15) is 22.0 Å². The normalized spacial score (nSPS) is 10.8. The molecule has 0 fully saturated rings. The summed E-state index contributed by atoms with van der Waals surface area (Å²) in [6.45, 7) is 2.57. The van der Waals surface area contributed by atoms with Gasteiger partial charge in [0.2, 0.25) is 5.82 Å². The SMILES string of the molecule is CNC(=S)Nc1c(C)nn(Cc2c(F)c(F)c(F)c(F)c2F)c1C. The fraction of sp³-hybridized carbons (Fsp3) is 0.286. The molecular formula is C14H13F5N4S. The van der Waals surface area contributed by atoms with Gasteiger partial charge in [0.1, 0.15) is 0 Å². The summed E-state index contributed by atoms with van der Waals surface area (Å²) < 4.78 is 68.3. The van der Waals surface area contributed by atoms with Gasteiger partial charge in [-0.2, -0.15) is 5.10 Å². The molecule has 0 unspecified atom stereocenters. The van der Waals surface area contributed by atoms with Gasteiger partial charge in [-0.05, 0) is 26.1 Å². The number of rotatable bonds is 3. The highest BCUT2D eigenvalue weighted by Gasteiger charge is 2.26. The van der Waals surface area contributed by atoms with Crippen LogP contribution in [0.4, 0.5) is 27.6 Å². The van der Waals surface area contributed by atoms with Crippen LogP contribution in [0.3, 0.4) is 0 Å². The second-order valence-corrected chi connectivity index (χ2v) is 5.36. The molecule has 0 saturated carbocycles. The lowest BCUT2D eigenvalue weighted by molar-refractivity contribution is 0.366. The summed E-state index contributed by atoms with van der Waals surface area (Å²) in [5.74, 6) is -9.91. The van der Waals surface area contributed by atoms with Gasteiger partial charge in [-0.3, -0.25) is 4.68 Å². The zero-order chi connectivity index (χ0) is 18.2. The molecule has 2 N–H and O–H groups in total. The minimum absolute atomic E-state index is 0.289. The van der Waals surface area contributed by atoms with Crippen LogP contribution in [0, 0.1) is 42.9 Å². The molecule has 24 heavy (non-hydrogen) atoms. The van der Waals surface area contributed by atoms with Crippen LogP contribution in [-0.4, -0.2) is 21.9 Å². The molecule has 2 rings (SSSR count). The van der Waals surface area contributed by atoms with Crippen molar-refractivity contribution in [3.63, 3.8) is 0 Å². The number of hydrogen-bond donors (Lipinski definition) is 2. The number of aromatic nitrogens is 2. The van der Waals surface area contributed by atoms with Crippen LogP contribution in [0.1, 0.15) is 17.0 Å². The third-order valence-electron chi connectivity index (χ3n) is 3.46. The number of nitrogens with zero attached hydrogens (tertiary/aromatic N) is 2. The van der Waals surface area contributed by atoms with Crippen molar-refractivity contribution in [3.8, 4) is 0 Å². The molecule has 4 nitrogen and oxygen atoms in total. The average molecular weight is 364 g/mol. The molecule has 0 saturated heterocycles. The number of anilines is 1. The third kappa shape index (κ3) is 3.05. The quantitative estimate of drug-likeness (QED) is 0.380. The number of hydrogen-bond acceptors (Lipinski definition) is 2. The van der Waals surface area contributed by atoms with Gasteiger partial charge in [-0.1, -0.05) is 0 Å². The molecule has 0 aliphatic carbocycles. The predicted octanol–water partition coefficient (Wildman–Crippen LogP) is 3.16. The third-order valence-corrected chi connectivity index (χ3v) is 3.76. The Hall–Kier alpha value is -2.23. The van der Waals surface area contributed by atoms with Gasteiger partial charge >= 0.3 is 0 Å². The molecule has 130 valence electrons. The summed E-state index contributed by atoms with van der Waals surface area (Å²) in [7, 11) is 1.60. The van der Waals surface area contributed by atoms with Gasteiger partial charge in [0, 0.05) is 7.05 Å². The Kier molecular flexibility index (Phi) is 5.07. The Bertz CT molecular complexity index is 789. The maximum Gasteiger partial charge on any atom is 0.200 e. The topological polar surface area (TPSA) is 41.9 Å². The summed E-state index contributed by atoms with van der Waals surface area (Å²) in [4.78, 5) is 0. The standard InChI is InChI=1S/C14H13F5N4S/c1-5-13(21-14(24)20-3)6(2)23(22-5)4-7-8(15)10(17)12(19)11(18)9(7)16/h4H2,1-3H3,(H2,20,21,24). The molecule has 0 spiro atoms. The van der Waals surface area contributed by atoms with E-state index in [2.05, 4.69) is 15.7 Å². The van der Waals surface area contributed by atoms with Crippen molar-refractivity contribution in [1.82, 2.24) is 15.1 Å². The highest BCUT2D eigenvalue weighted by Crippen LogP contribution is 2.26. The molecule has 2 aromatic rings. The van der Waals surface area contributed by atoms with Crippen LogP contribution >= 0.6 is 12.2 Å². The fourth-order valence-corrected chi connectivity index (χ4v) is 2.25. The van der Waals surface area contributed by atoms with Gasteiger partial charge in [-0.25, -0.2) is 22.0 Å². The largest absolute Gasteiger partial charge is 0.366 e. The minimum Gasteiger partial charge on any atom is -0.366 e. The van der Waals surface area contributed by atoms with E-state index in [4.69, 9.17) is 12.2 Å². The first-order valence-corrected chi connectivity index (χ1v) is 7.12. The van der Waals surface area contributed by atoms with Crippen LogP contribution in [0.5, 0.6) is 0 Å². The maximum absolute atomic E-state index is 13.8. The number of halogens is 5. The van der Waals surface area contributed by atoms with E-state index in [0.717, 1.165) is 4.68 Å². The molecule has 0 bridgehead atoms. The molecule has 0 amide bonds. The first kappa shape index (κ1) is 18.1. The van der Waals surface area contributed by atoms with Gasteiger partial charge in [-0.15, -0.1) is 0 Å². The number of thiocarbonyl (C=S) groups is 1. The van der Waals surface area contributed by atoms with E-state index in [0.29, 0.717) is 17.1 Å². The lowest BCUT2D eigenvalue weighted by Crippen LogP contribution is -2.24. The highest BCUT2D eigenvalue weighted by atomic mass is 32.1. The van der Waals surface area contributed by atoms with Gasteiger partial charge in [0.25, 0.3) is 0 Å². The maximum atomic E-state index is 13.8. The smallest absolute Gasteiger partial charge is 0.200 e. The molecule has 1 aromatic heterocycles. The first-order chi connectivity index (χ1) is 11.2. The molecular weight excluding hydrogens is 351 g/mol. The van der Waals surface area contributed by atoms with E-state index >= 15 is 0 Å². The van der Waals surface area contributed by atoms with Crippen molar-refractivity contribution in [2.45, 2.75) is 20.4 Å².